The lowest BCUT2D eigenvalue weighted by Crippen LogP contribution is -2.48. The molecule has 3 aromatic carbocycles. The molecule has 3 aromatic rings. The molecule has 37 heavy (non-hydrogen) atoms. The van der Waals surface area contributed by atoms with Crippen molar-refractivity contribution >= 4 is 11.9 Å². The smallest absolute Gasteiger partial charge is 0.410 e. The first-order chi connectivity index (χ1) is 17.9. The van der Waals surface area contributed by atoms with Crippen molar-refractivity contribution in [3.63, 3.8) is 0 Å². The number of fused-ring (bicyclic) bond motifs is 5. The second-order valence-corrected chi connectivity index (χ2v) is 10.3. The Balaban J connectivity index is 1.11. The number of ether oxygens (including phenoxy) is 1. The van der Waals surface area contributed by atoms with E-state index in [1.54, 1.807) is 4.90 Å². The molecule has 2 atom stereocenters. The van der Waals surface area contributed by atoms with Crippen molar-refractivity contribution in [3.05, 3.63) is 94.8 Å². The Morgan fingerprint density at radius 2 is 1.38 bits per heavy atom. The third-order valence-electron chi connectivity index (χ3n) is 8.16. The van der Waals surface area contributed by atoms with Crippen molar-refractivity contribution < 1.29 is 27.5 Å². The van der Waals surface area contributed by atoms with Crippen LogP contribution in [0, 0.1) is 23.4 Å². The van der Waals surface area contributed by atoms with Crippen LogP contribution >= 0.6 is 0 Å². The molecule has 0 N–H and O–H groups in total. The largest absolute Gasteiger partial charge is 0.448 e. The van der Waals surface area contributed by atoms with Crippen LogP contribution in [-0.4, -0.2) is 35.5 Å². The van der Waals surface area contributed by atoms with Crippen molar-refractivity contribution in [3.8, 4) is 11.1 Å². The molecule has 3 aliphatic rings. The van der Waals surface area contributed by atoms with E-state index in [0.717, 1.165) is 36.1 Å². The number of rotatable bonds is 5. The van der Waals surface area contributed by atoms with Gasteiger partial charge < -0.3 is 9.64 Å². The predicted octanol–water partition coefficient (Wildman–Crippen LogP) is 6.41. The highest BCUT2D eigenvalue weighted by atomic mass is 19.2. The summed E-state index contributed by atoms with van der Waals surface area (Å²) in [6, 6.07) is 17.9. The molecule has 1 aliphatic carbocycles. The van der Waals surface area contributed by atoms with Gasteiger partial charge in [-0.3, -0.25) is 4.79 Å². The van der Waals surface area contributed by atoms with Crippen LogP contribution in [0.2, 0.25) is 0 Å². The number of benzene rings is 3. The van der Waals surface area contributed by atoms with Gasteiger partial charge in [0, 0.05) is 30.3 Å². The summed E-state index contributed by atoms with van der Waals surface area (Å²) in [5.41, 5.74) is 4.75. The molecule has 2 fully saturated rings. The van der Waals surface area contributed by atoms with Crippen LogP contribution in [0.25, 0.3) is 11.1 Å². The van der Waals surface area contributed by atoms with Crippen LogP contribution in [0.5, 0.6) is 0 Å². The van der Waals surface area contributed by atoms with Gasteiger partial charge in [-0.1, -0.05) is 48.5 Å². The monoisotopic (exact) mass is 505 g/mol. The van der Waals surface area contributed by atoms with Gasteiger partial charge in [-0.15, -0.1) is 0 Å². The maximum atomic E-state index is 13.6. The Morgan fingerprint density at radius 3 is 1.95 bits per heavy atom. The molecule has 0 saturated carbocycles. The number of halogens is 3. The third kappa shape index (κ3) is 4.20. The molecule has 2 heterocycles. The maximum absolute atomic E-state index is 13.6. The molecule has 2 unspecified atom stereocenters. The molecule has 0 aromatic heterocycles. The SMILES string of the molecule is O=C(Cc1cc(F)c(F)c(F)c1)C1CC2CCC(C1)N2C(=O)OCC1c2ccccc2-c2ccccc21. The first kappa shape index (κ1) is 23.8. The molecule has 7 heteroatoms. The highest BCUT2D eigenvalue weighted by Gasteiger charge is 2.46. The van der Waals surface area contributed by atoms with Gasteiger partial charge in [0.1, 0.15) is 12.4 Å². The number of nitrogens with zero attached hydrogens (tertiary/aromatic N) is 1. The van der Waals surface area contributed by atoms with Gasteiger partial charge in [-0.2, -0.15) is 0 Å². The van der Waals surface area contributed by atoms with Gasteiger partial charge in [0.05, 0.1) is 0 Å². The van der Waals surface area contributed by atoms with E-state index in [0.29, 0.717) is 12.8 Å². The van der Waals surface area contributed by atoms with E-state index in [1.165, 1.54) is 11.1 Å². The minimum Gasteiger partial charge on any atom is -0.448 e. The van der Waals surface area contributed by atoms with Crippen LogP contribution in [0.1, 0.15) is 48.3 Å². The summed E-state index contributed by atoms with van der Waals surface area (Å²) in [6.45, 7) is 0.243. The molecule has 2 bridgehead atoms. The Bertz CT molecular complexity index is 1310. The Morgan fingerprint density at radius 1 is 0.838 bits per heavy atom. The molecule has 4 nitrogen and oxygen atoms in total. The number of Topliss-reactive ketones (excluding diaryl/α,β-unsaturated/α-hetero) is 1. The second-order valence-electron chi connectivity index (χ2n) is 10.3. The second kappa shape index (κ2) is 9.36. The first-order valence-electron chi connectivity index (χ1n) is 12.7. The van der Waals surface area contributed by atoms with Crippen LogP contribution in [0.15, 0.2) is 60.7 Å². The summed E-state index contributed by atoms with van der Waals surface area (Å²) in [5, 5.41) is 0. The average Bonchev–Trinajstić information content (AvgIpc) is 3.36. The van der Waals surface area contributed by atoms with Crippen molar-refractivity contribution in [1.82, 2.24) is 4.90 Å². The summed E-state index contributed by atoms with van der Waals surface area (Å²) < 4.78 is 46.3. The number of amides is 1. The normalized spacial score (nSPS) is 22.0. The summed E-state index contributed by atoms with van der Waals surface area (Å²) in [4.78, 5) is 27.9. The van der Waals surface area contributed by atoms with E-state index in [1.807, 2.05) is 24.3 Å². The highest BCUT2D eigenvalue weighted by molar-refractivity contribution is 5.84. The molecular weight excluding hydrogens is 479 g/mol. The van der Waals surface area contributed by atoms with E-state index >= 15 is 0 Å². The van der Waals surface area contributed by atoms with E-state index < -0.39 is 17.5 Å². The lowest BCUT2D eigenvalue weighted by atomic mass is 9.85. The Kier molecular flexibility index (Phi) is 6.01. The van der Waals surface area contributed by atoms with E-state index in [2.05, 4.69) is 24.3 Å². The number of piperidine rings is 1. The number of carbonyl (C=O) groups excluding carboxylic acids is 2. The van der Waals surface area contributed by atoms with Gasteiger partial charge in [-0.05, 0) is 65.6 Å². The lowest BCUT2D eigenvalue weighted by molar-refractivity contribution is -0.124. The van der Waals surface area contributed by atoms with E-state index in [4.69, 9.17) is 4.74 Å². The number of hydrogen-bond donors (Lipinski definition) is 0. The molecule has 1 amide bonds. The van der Waals surface area contributed by atoms with Gasteiger partial charge in [0.15, 0.2) is 17.5 Å². The molecule has 2 saturated heterocycles. The predicted molar refractivity (Wildman–Crippen MR) is 131 cm³/mol. The zero-order valence-corrected chi connectivity index (χ0v) is 20.1. The fourth-order valence-electron chi connectivity index (χ4n) is 6.46. The lowest BCUT2D eigenvalue weighted by Gasteiger charge is -2.37. The van der Waals surface area contributed by atoms with Crippen molar-refractivity contribution in [2.24, 2.45) is 5.92 Å². The molecule has 2 aliphatic heterocycles. The molecule has 0 radical (unpaired) electrons. The first-order valence-corrected chi connectivity index (χ1v) is 12.7. The van der Waals surface area contributed by atoms with E-state index in [-0.39, 0.29) is 54.4 Å². The van der Waals surface area contributed by atoms with Crippen molar-refractivity contribution in [2.75, 3.05) is 6.61 Å². The van der Waals surface area contributed by atoms with E-state index in [9.17, 15) is 22.8 Å². The zero-order valence-electron chi connectivity index (χ0n) is 20.1. The number of hydrogen-bond acceptors (Lipinski definition) is 3. The van der Waals surface area contributed by atoms with Crippen LogP contribution in [0.3, 0.4) is 0 Å². The molecule has 0 spiro atoms. The molecule has 6 rings (SSSR count). The Hall–Kier alpha value is -3.61. The average molecular weight is 506 g/mol. The fraction of sp³-hybridized carbons (Fsp3) is 0.333. The summed E-state index contributed by atoms with van der Waals surface area (Å²) >= 11 is 0. The molecule has 190 valence electrons. The summed E-state index contributed by atoms with van der Waals surface area (Å²) in [7, 11) is 0. The van der Waals surface area contributed by atoms with Crippen LogP contribution < -0.4 is 0 Å². The number of carbonyl (C=O) groups is 2. The van der Waals surface area contributed by atoms with Gasteiger partial charge in [0.2, 0.25) is 0 Å². The van der Waals surface area contributed by atoms with Crippen molar-refractivity contribution in [2.45, 2.75) is 50.1 Å². The fourth-order valence-corrected chi connectivity index (χ4v) is 6.46. The maximum Gasteiger partial charge on any atom is 0.410 e. The number of ketones is 1. The minimum atomic E-state index is -1.54. The summed E-state index contributed by atoms with van der Waals surface area (Å²) in [5.74, 6) is -4.61. The van der Waals surface area contributed by atoms with Gasteiger partial charge in [-0.25, -0.2) is 18.0 Å². The van der Waals surface area contributed by atoms with Crippen LogP contribution in [0.4, 0.5) is 18.0 Å². The zero-order chi connectivity index (χ0) is 25.7. The quantitative estimate of drug-likeness (QED) is 0.377. The Labute approximate surface area is 213 Å². The highest BCUT2D eigenvalue weighted by Crippen LogP contribution is 2.45. The third-order valence-corrected chi connectivity index (χ3v) is 8.16. The topological polar surface area (TPSA) is 46.6 Å². The molecular formula is C30H26F3NO3. The standard InChI is InChI=1S/C30H26F3NO3/c31-26-11-17(12-27(32)29(26)33)13-28(35)18-14-19-9-10-20(15-18)34(19)30(36)37-16-25-23-7-3-1-5-21(23)22-6-2-4-8-24(22)25/h1-8,11-12,18-20,25H,9-10,13-16H2. The van der Waals surface area contributed by atoms with Gasteiger partial charge >= 0.3 is 6.09 Å². The summed E-state index contributed by atoms with van der Waals surface area (Å²) in [6.07, 6.45) is 2.04. The van der Waals surface area contributed by atoms with Crippen LogP contribution in [-0.2, 0) is 16.0 Å². The van der Waals surface area contributed by atoms with Gasteiger partial charge in [0.25, 0.3) is 0 Å². The van der Waals surface area contributed by atoms with Crippen molar-refractivity contribution in [1.29, 1.82) is 0 Å². The minimum absolute atomic E-state index is 0.0235.